The fourth-order valence-electron chi connectivity index (χ4n) is 1.26. The fourth-order valence-corrected chi connectivity index (χ4v) is 1.39. The lowest BCUT2D eigenvalue weighted by Gasteiger charge is -1.98. The van der Waals surface area contributed by atoms with E-state index in [1.54, 1.807) is 24.3 Å². The van der Waals surface area contributed by atoms with Gasteiger partial charge in [0.2, 0.25) is 0 Å². The number of carbonyl (C=O) groups excluding carboxylic acids is 1. The largest absolute Gasteiger partial charge is 0.449 e. The van der Waals surface area contributed by atoms with Gasteiger partial charge in [-0.05, 0) is 24.3 Å². The molecule has 0 atom stereocenters. The van der Waals surface area contributed by atoms with E-state index in [0.717, 1.165) is 5.56 Å². The van der Waals surface area contributed by atoms with Crippen LogP contribution in [0.15, 0.2) is 43.0 Å². The summed E-state index contributed by atoms with van der Waals surface area (Å²) in [4.78, 5) is 19.0. The number of benzene rings is 1. The molecular weight excluding hydrogens is 264 g/mol. The zero-order chi connectivity index (χ0) is 13.5. The Bertz CT molecular complexity index is 615. The number of esters is 1. The van der Waals surface area contributed by atoms with E-state index in [0.29, 0.717) is 10.6 Å². The van der Waals surface area contributed by atoms with Crippen molar-refractivity contribution in [2.45, 2.75) is 0 Å². The number of hydrogen-bond acceptors (Lipinski definition) is 4. The third kappa shape index (κ3) is 4.09. The molecule has 0 aliphatic carbocycles. The molecule has 4 nitrogen and oxygen atoms in total. The highest BCUT2D eigenvalue weighted by molar-refractivity contribution is 6.30. The monoisotopic (exact) mass is 272 g/mol. The molecule has 0 saturated heterocycles. The lowest BCUT2D eigenvalue weighted by molar-refractivity contribution is 0.0555. The van der Waals surface area contributed by atoms with Crippen molar-refractivity contribution < 1.29 is 9.53 Å². The molecule has 2 rings (SSSR count). The van der Waals surface area contributed by atoms with Crippen LogP contribution in [0.3, 0.4) is 0 Å². The van der Waals surface area contributed by atoms with E-state index in [-0.39, 0.29) is 6.61 Å². The SMILES string of the molecule is O=C(OCC#Cc1ccc(Cl)cc1)c1cncnc1. The summed E-state index contributed by atoms with van der Waals surface area (Å²) >= 11 is 5.75. The average Bonchev–Trinajstić information content (AvgIpc) is 2.46. The molecule has 0 aliphatic heterocycles. The number of halogens is 1. The van der Waals surface area contributed by atoms with Crippen LogP contribution in [0, 0.1) is 11.8 Å². The molecule has 5 heteroatoms. The normalized spacial score (nSPS) is 9.32. The van der Waals surface area contributed by atoms with Crippen LogP contribution in [0.4, 0.5) is 0 Å². The molecule has 2 aromatic rings. The lowest BCUT2D eigenvalue weighted by Crippen LogP contribution is -2.06. The van der Waals surface area contributed by atoms with Gasteiger partial charge in [-0.1, -0.05) is 23.4 Å². The van der Waals surface area contributed by atoms with E-state index in [4.69, 9.17) is 16.3 Å². The molecule has 0 N–H and O–H groups in total. The summed E-state index contributed by atoms with van der Waals surface area (Å²) in [5.41, 5.74) is 1.11. The highest BCUT2D eigenvalue weighted by atomic mass is 35.5. The summed E-state index contributed by atoms with van der Waals surface area (Å²) in [7, 11) is 0. The molecule has 0 bridgehead atoms. The third-order valence-electron chi connectivity index (χ3n) is 2.15. The third-order valence-corrected chi connectivity index (χ3v) is 2.40. The van der Waals surface area contributed by atoms with E-state index < -0.39 is 5.97 Å². The van der Waals surface area contributed by atoms with Gasteiger partial charge in [0.25, 0.3) is 0 Å². The number of ether oxygens (including phenoxy) is 1. The highest BCUT2D eigenvalue weighted by Gasteiger charge is 2.05. The lowest BCUT2D eigenvalue weighted by atomic mass is 10.2. The molecule has 0 saturated carbocycles. The van der Waals surface area contributed by atoms with Gasteiger partial charge in [-0.15, -0.1) is 0 Å². The Morgan fingerprint density at radius 1 is 1.21 bits per heavy atom. The van der Waals surface area contributed by atoms with Gasteiger partial charge in [-0.2, -0.15) is 0 Å². The van der Waals surface area contributed by atoms with Gasteiger partial charge in [-0.3, -0.25) is 0 Å². The second-order valence-corrected chi connectivity index (χ2v) is 3.95. The van der Waals surface area contributed by atoms with Crippen molar-refractivity contribution in [2.75, 3.05) is 6.61 Å². The van der Waals surface area contributed by atoms with Crippen molar-refractivity contribution in [1.82, 2.24) is 9.97 Å². The van der Waals surface area contributed by atoms with Crippen molar-refractivity contribution >= 4 is 17.6 Å². The van der Waals surface area contributed by atoms with Gasteiger partial charge in [0.1, 0.15) is 6.33 Å². The first-order valence-electron chi connectivity index (χ1n) is 5.42. The first-order valence-corrected chi connectivity index (χ1v) is 5.80. The zero-order valence-corrected chi connectivity index (χ0v) is 10.6. The molecule has 1 heterocycles. The molecule has 0 unspecified atom stereocenters. The van der Waals surface area contributed by atoms with Crippen LogP contribution in [0.2, 0.25) is 5.02 Å². The minimum absolute atomic E-state index is 0.0103. The summed E-state index contributed by atoms with van der Waals surface area (Å²) in [5, 5.41) is 0.654. The van der Waals surface area contributed by atoms with Crippen LogP contribution in [0.1, 0.15) is 15.9 Å². The Morgan fingerprint density at radius 3 is 2.58 bits per heavy atom. The number of hydrogen-bond donors (Lipinski definition) is 0. The Balaban J connectivity index is 1.87. The fraction of sp³-hybridized carbons (Fsp3) is 0.0714. The maximum absolute atomic E-state index is 11.5. The molecule has 0 spiro atoms. The van der Waals surface area contributed by atoms with Crippen LogP contribution < -0.4 is 0 Å². The summed E-state index contributed by atoms with van der Waals surface area (Å²) in [6.07, 6.45) is 4.13. The molecule has 0 aliphatic rings. The van der Waals surface area contributed by atoms with Crippen LogP contribution in [-0.4, -0.2) is 22.5 Å². The van der Waals surface area contributed by atoms with Gasteiger partial charge in [0.15, 0.2) is 6.61 Å². The molecule has 0 fully saturated rings. The zero-order valence-electron chi connectivity index (χ0n) is 9.84. The van der Waals surface area contributed by atoms with Crippen LogP contribution >= 0.6 is 11.6 Å². The maximum atomic E-state index is 11.5. The Hall–Kier alpha value is -2.38. The molecular formula is C14H9ClN2O2. The number of carbonyl (C=O) groups is 1. The maximum Gasteiger partial charge on any atom is 0.342 e. The van der Waals surface area contributed by atoms with Crippen molar-refractivity contribution in [2.24, 2.45) is 0 Å². The van der Waals surface area contributed by atoms with Gasteiger partial charge in [0, 0.05) is 23.0 Å². The number of rotatable bonds is 2. The molecule has 0 radical (unpaired) electrons. The smallest absolute Gasteiger partial charge is 0.342 e. The van der Waals surface area contributed by atoms with Crippen LogP contribution in [0.5, 0.6) is 0 Å². The summed E-state index contributed by atoms with van der Waals surface area (Å²) in [6, 6.07) is 7.09. The van der Waals surface area contributed by atoms with E-state index in [1.165, 1.54) is 18.7 Å². The van der Waals surface area contributed by atoms with Gasteiger partial charge >= 0.3 is 5.97 Å². The first-order chi connectivity index (χ1) is 9.25. The topological polar surface area (TPSA) is 52.1 Å². The van der Waals surface area contributed by atoms with Gasteiger partial charge in [0.05, 0.1) is 5.56 Å². The molecule has 94 valence electrons. The highest BCUT2D eigenvalue weighted by Crippen LogP contribution is 2.08. The minimum atomic E-state index is -0.494. The Labute approximate surface area is 115 Å². The predicted octanol–water partition coefficient (Wildman–Crippen LogP) is 2.34. The van der Waals surface area contributed by atoms with E-state index in [1.807, 2.05) is 0 Å². The molecule has 0 amide bonds. The second-order valence-electron chi connectivity index (χ2n) is 3.51. The predicted molar refractivity (Wildman–Crippen MR) is 70.6 cm³/mol. The first kappa shape index (κ1) is 13.1. The minimum Gasteiger partial charge on any atom is -0.449 e. The number of aromatic nitrogens is 2. The van der Waals surface area contributed by atoms with E-state index in [2.05, 4.69) is 21.8 Å². The quantitative estimate of drug-likeness (QED) is 0.622. The van der Waals surface area contributed by atoms with Crippen molar-refractivity contribution in [3.8, 4) is 11.8 Å². The van der Waals surface area contributed by atoms with Crippen molar-refractivity contribution in [3.05, 3.63) is 59.1 Å². The average molecular weight is 273 g/mol. The van der Waals surface area contributed by atoms with Crippen LogP contribution in [-0.2, 0) is 4.74 Å². The van der Waals surface area contributed by atoms with E-state index >= 15 is 0 Å². The summed E-state index contributed by atoms with van der Waals surface area (Å²) in [5.74, 6) is 5.11. The van der Waals surface area contributed by atoms with Crippen molar-refractivity contribution in [3.63, 3.8) is 0 Å². The molecule has 19 heavy (non-hydrogen) atoms. The van der Waals surface area contributed by atoms with Crippen LogP contribution in [0.25, 0.3) is 0 Å². The van der Waals surface area contributed by atoms with Crippen molar-refractivity contribution in [1.29, 1.82) is 0 Å². The number of nitrogens with zero attached hydrogens (tertiary/aromatic N) is 2. The van der Waals surface area contributed by atoms with Gasteiger partial charge in [-0.25, -0.2) is 14.8 Å². The Kier molecular flexibility index (Phi) is 4.49. The standard InChI is InChI=1S/C14H9ClN2O2/c15-13-5-3-11(4-6-13)2-1-7-19-14(18)12-8-16-10-17-9-12/h3-6,8-10H,7H2. The van der Waals surface area contributed by atoms with Gasteiger partial charge < -0.3 is 4.74 Å². The summed E-state index contributed by atoms with van der Waals surface area (Å²) in [6.45, 7) is 0.0103. The van der Waals surface area contributed by atoms with E-state index in [9.17, 15) is 4.79 Å². The second kappa shape index (κ2) is 6.53. The Morgan fingerprint density at radius 2 is 1.89 bits per heavy atom. The molecule has 1 aromatic heterocycles. The molecule has 1 aromatic carbocycles. The summed E-state index contributed by atoms with van der Waals surface area (Å²) < 4.78 is 4.95.